The number of nitrogens with one attached hydrogen (secondary N) is 1. The summed E-state index contributed by atoms with van der Waals surface area (Å²) < 4.78 is 68.4. The number of halogens is 2. The SMILES string of the molecule is [N-]=[N+]=NCc1ccccc1[C@H]1OC(c2ccc(OCCCO)cc2)=N[C@@]1(CCS(=O)(=O)c1ccccc1)C(=O)NCc1c(F)cccc1F. The molecule has 4 aromatic carbocycles. The first-order valence-corrected chi connectivity index (χ1v) is 17.0. The van der Waals surface area contributed by atoms with Gasteiger partial charge < -0.3 is 19.9 Å². The monoisotopic (exact) mass is 689 g/mol. The number of rotatable bonds is 15. The van der Waals surface area contributed by atoms with Crippen LogP contribution in [0.15, 0.2) is 112 Å². The van der Waals surface area contributed by atoms with Crippen molar-refractivity contribution in [1.29, 1.82) is 0 Å². The normalized spacial score (nSPS) is 17.0. The van der Waals surface area contributed by atoms with Crippen LogP contribution in [0.3, 0.4) is 0 Å². The molecule has 0 saturated carbocycles. The van der Waals surface area contributed by atoms with Crippen LogP contribution in [-0.4, -0.2) is 49.8 Å². The molecule has 0 fully saturated rings. The third-order valence-electron chi connectivity index (χ3n) is 8.01. The van der Waals surface area contributed by atoms with Crippen LogP contribution in [0.25, 0.3) is 10.4 Å². The Morgan fingerprint density at radius 2 is 1.69 bits per heavy atom. The Bertz CT molecular complexity index is 1950. The lowest BCUT2D eigenvalue weighted by molar-refractivity contribution is -0.129. The maximum atomic E-state index is 14.6. The predicted molar refractivity (Wildman–Crippen MR) is 177 cm³/mol. The van der Waals surface area contributed by atoms with Crippen LogP contribution in [0.5, 0.6) is 5.75 Å². The lowest BCUT2D eigenvalue weighted by Gasteiger charge is -2.31. The quantitative estimate of drug-likeness (QED) is 0.0676. The van der Waals surface area contributed by atoms with E-state index in [1.165, 1.54) is 18.2 Å². The highest BCUT2D eigenvalue weighted by atomic mass is 32.2. The van der Waals surface area contributed by atoms with Gasteiger partial charge >= 0.3 is 0 Å². The lowest BCUT2D eigenvalue weighted by atomic mass is 9.83. The van der Waals surface area contributed by atoms with Crippen LogP contribution in [0, 0.1) is 11.6 Å². The summed E-state index contributed by atoms with van der Waals surface area (Å²) in [6, 6.07) is 24.4. The second-order valence-corrected chi connectivity index (χ2v) is 13.3. The lowest BCUT2D eigenvalue weighted by Crippen LogP contribution is -2.49. The van der Waals surface area contributed by atoms with Gasteiger partial charge in [0.2, 0.25) is 5.90 Å². The number of carbonyl (C=O) groups is 1. The number of aliphatic hydroxyl groups excluding tert-OH is 1. The number of aliphatic imine (C=N–C) groups is 1. The zero-order valence-electron chi connectivity index (χ0n) is 26.2. The third kappa shape index (κ3) is 8.06. The molecule has 11 nitrogen and oxygen atoms in total. The maximum Gasteiger partial charge on any atom is 0.252 e. The molecule has 0 aromatic heterocycles. The van der Waals surface area contributed by atoms with Gasteiger partial charge in [0.05, 0.1) is 23.8 Å². The summed E-state index contributed by atoms with van der Waals surface area (Å²) in [6.07, 6.45) is -1.19. The molecular formula is C35H33F2N5O6S. The summed E-state index contributed by atoms with van der Waals surface area (Å²) in [5.74, 6) is -2.59. The van der Waals surface area contributed by atoms with Crippen LogP contribution in [0.2, 0.25) is 0 Å². The fourth-order valence-electron chi connectivity index (χ4n) is 5.45. The number of carbonyl (C=O) groups excluding carboxylic acids is 1. The summed E-state index contributed by atoms with van der Waals surface area (Å²) in [5.41, 5.74) is 8.03. The molecule has 49 heavy (non-hydrogen) atoms. The fourth-order valence-corrected chi connectivity index (χ4v) is 6.84. The van der Waals surface area contributed by atoms with E-state index in [0.29, 0.717) is 35.5 Å². The topological polar surface area (TPSA) is 163 Å². The van der Waals surface area contributed by atoms with Crippen molar-refractivity contribution >= 4 is 21.6 Å². The van der Waals surface area contributed by atoms with Crippen molar-refractivity contribution < 1.29 is 36.6 Å². The van der Waals surface area contributed by atoms with Crippen molar-refractivity contribution in [2.24, 2.45) is 10.1 Å². The Hall–Kier alpha value is -5.30. The number of benzene rings is 4. The largest absolute Gasteiger partial charge is 0.494 e. The van der Waals surface area contributed by atoms with Crippen LogP contribution >= 0.6 is 0 Å². The molecule has 0 unspecified atom stereocenters. The fraction of sp³-hybridized carbons (Fsp3) is 0.257. The molecule has 0 bridgehead atoms. The van der Waals surface area contributed by atoms with E-state index in [1.807, 2.05) is 0 Å². The second-order valence-electron chi connectivity index (χ2n) is 11.1. The Labute approximate surface area is 281 Å². The zero-order valence-corrected chi connectivity index (χ0v) is 27.0. The van der Waals surface area contributed by atoms with Crippen LogP contribution in [0.4, 0.5) is 8.78 Å². The van der Waals surface area contributed by atoms with Gasteiger partial charge in [-0.3, -0.25) is 4.79 Å². The van der Waals surface area contributed by atoms with Gasteiger partial charge in [-0.05, 0) is 65.2 Å². The van der Waals surface area contributed by atoms with Crippen molar-refractivity contribution in [3.05, 3.63) is 141 Å². The van der Waals surface area contributed by atoms with Gasteiger partial charge in [-0.25, -0.2) is 22.2 Å². The van der Waals surface area contributed by atoms with Crippen LogP contribution in [-0.2, 0) is 32.5 Å². The van der Waals surface area contributed by atoms with Crippen molar-refractivity contribution in [3.8, 4) is 5.75 Å². The molecule has 5 rings (SSSR count). The zero-order chi connectivity index (χ0) is 34.9. The van der Waals surface area contributed by atoms with Gasteiger partial charge in [0.15, 0.2) is 21.5 Å². The first kappa shape index (κ1) is 35.0. The van der Waals surface area contributed by atoms with Crippen molar-refractivity contribution in [2.45, 2.75) is 42.5 Å². The average Bonchev–Trinajstić information content (AvgIpc) is 3.51. The van der Waals surface area contributed by atoms with Crippen molar-refractivity contribution in [3.63, 3.8) is 0 Å². The molecule has 2 atom stereocenters. The Morgan fingerprint density at radius 1 is 1.00 bits per heavy atom. The number of azide groups is 1. The molecule has 1 heterocycles. The molecule has 254 valence electrons. The molecule has 14 heteroatoms. The first-order chi connectivity index (χ1) is 23.7. The molecule has 4 aromatic rings. The highest BCUT2D eigenvalue weighted by Gasteiger charge is 2.54. The molecule has 0 spiro atoms. The number of amides is 1. The summed E-state index contributed by atoms with van der Waals surface area (Å²) >= 11 is 0. The minimum absolute atomic E-state index is 0.00910. The summed E-state index contributed by atoms with van der Waals surface area (Å²) in [6.45, 7) is -0.400. The minimum atomic E-state index is -3.95. The number of nitrogens with zero attached hydrogens (tertiary/aromatic N) is 4. The first-order valence-electron chi connectivity index (χ1n) is 15.4. The van der Waals surface area contributed by atoms with Crippen LogP contribution < -0.4 is 10.1 Å². The number of hydrogen-bond acceptors (Lipinski definition) is 8. The average molecular weight is 690 g/mol. The van der Waals surface area contributed by atoms with Crippen molar-refractivity contribution in [1.82, 2.24) is 5.32 Å². The maximum absolute atomic E-state index is 14.6. The van der Waals surface area contributed by atoms with Gasteiger partial charge in [0.1, 0.15) is 17.4 Å². The standard InChI is InChI=1S/C35H33F2N5O6S/c36-30-12-6-13-31(37)29(30)23-39-34(44)35(18-21-49(45,46)27-9-2-1-3-10-27)32(28-11-5-4-8-25(28)22-40-42-38)48-33(41-35)24-14-16-26(17-15-24)47-20-7-19-43/h1-6,8-17,32,43H,7,18-23H2,(H,39,44)/t32-,35-/m1/s1. The predicted octanol–water partition coefficient (Wildman–Crippen LogP) is 5.97. The molecule has 0 saturated heterocycles. The summed E-state index contributed by atoms with van der Waals surface area (Å²) in [4.78, 5) is 22.1. The van der Waals surface area contributed by atoms with E-state index < -0.39 is 51.3 Å². The Morgan fingerprint density at radius 3 is 2.39 bits per heavy atom. The van der Waals surface area contributed by atoms with E-state index in [4.69, 9.17) is 25.1 Å². The van der Waals surface area contributed by atoms with E-state index >= 15 is 0 Å². The van der Waals surface area contributed by atoms with Gasteiger partial charge in [0, 0.05) is 42.0 Å². The van der Waals surface area contributed by atoms with E-state index in [1.54, 1.807) is 66.7 Å². The van der Waals surface area contributed by atoms with Gasteiger partial charge in [-0.15, -0.1) is 0 Å². The summed E-state index contributed by atoms with van der Waals surface area (Å²) in [5, 5.41) is 15.3. The van der Waals surface area contributed by atoms with E-state index in [-0.39, 0.29) is 35.9 Å². The number of aliphatic hydroxyl groups is 1. The van der Waals surface area contributed by atoms with Gasteiger partial charge in [0.25, 0.3) is 5.91 Å². The molecule has 1 aliphatic heterocycles. The highest BCUT2D eigenvalue weighted by Crippen LogP contribution is 2.44. The van der Waals surface area contributed by atoms with Gasteiger partial charge in [-0.2, -0.15) is 0 Å². The minimum Gasteiger partial charge on any atom is -0.494 e. The molecule has 1 aliphatic rings. The Balaban J connectivity index is 1.61. The molecule has 0 radical (unpaired) electrons. The molecular weight excluding hydrogens is 656 g/mol. The smallest absolute Gasteiger partial charge is 0.252 e. The number of ether oxygens (including phenoxy) is 2. The molecule has 2 N–H and O–H groups in total. The Kier molecular flexibility index (Phi) is 11.2. The molecule has 0 aliphatic carbocycles. The van der Waals surface area contributed by atoms with E-state index in [9.17, 15) is 22.0 Å². The number of sulfone groups is 1. The summed E-state index contributed by atoms with van der Waals surface area (Å²) in [7, 11) is -3.95. The number of hydrogen-bond donors (Lipinski definition) is 2. The second kappa shape index (κ2) is 15.7. The van der Waals surface area contributed by atoms with Crippen LogP contribution in [0.1, 0.15) is 41.2 Å². The van der Waals surface area contributed by atoms with Crippen molar-refractivity contribution in [2.75, 3.05) is 19.0 Å². The van der Waals surface area contributed by atoms with Gasteiger partial charge in [-0.1, -0.05) is 53.6 Å². The van der Waals surface area contributed by atoms with E-state index in [2.05, 4.69) is 15.3 Å². The van der Waals surface area contributed by atoms with E-state index in [0.717, 1.165) is 12.1 Å². The third-order valence-corrected chi connectivity index (χ3v) is 9.75. The molecule has 1 amide bonds. The highest BCUT2D eigenvalue weighted by molar-refractivity contribution is 7.91.